The molecule has 1 aromatic heterocycles. The Morgan fingerprint density at radius 3 is 2.73 bits per heavy atom. The smallest absolute Gasteiger partial charge is 0.237 e. The van der Waals surface area contributed by atoms with Crippen molar-refractivity contribution in [3.05, 3.63) is 72.1 Å². The summed E-state index contributed by atoms with van der Waals surface area (Å²) < 4.78 is 1.98. The van der Waals surface area contributed by atoms with Gasteiger partial charge in [0.1, 0.15) is 6.07 Å². The van der Waals surface area contributed by atoms with Crippen molar-refractivity contribution in [1.29, 1.82) is 5.26 Å². The monoisotopic (exact) mass is 362 g/mol. The van der Waals surface area contributed by atoms with E-state index in [1.165, 1.54) is 11.8 Å². The highest BCUT2D eigenvalue weighted by atomic mass is 32.2. The van der Waals surface area contributed by atoms with Gasteiger partial charge in [-0.2, -0.15) is 5.26 Å². The summed E-state index contributed by atoms with van der Waals surface area (Å²) in [5, 5.41) is 12.3. The Bertz CT molecular complexity index is 974. The molecule has 3 aromatic rings. The van der Waals surface area contributed by atoms with Crippen LogP contribution in [0.3, 0.4) is 0 Å². The van der Waals surface area contributed by atoms with Crippen molar-refractivity contribution in [3.63, 3.8) is 0 Å². The van der Waals surface area contributed by atoms with Gasteiger partial charge in [0.05, 0.1) is 22.2 Å². The lowest BCUT2D eigenvalue weighted by molar-refractivity contribution is -0.115. The number of aromatic nitrogens is 2. The molecule has 0 aliphatic heterocycles. The molecular weight excluding hydrogens is 344 g/mol. The molecule has 1 heterocycles. The Kier molecular flexibility index (Phi) is 5.40. The van der Waals surface area contributed by atoms with Crippen LogP contribution in [0.4, 0.5) is 5.69 Å². The van der Waals surface area contributed by atoms with Gasteiger partial charge in [-0.05, 0) is 37.6 Å². The van der Waals surface area contributed by atoms with Crippen molar-refractivity contribution in [2.75, 3.05) is 5.32 Å². The predicted molar refractivity (Wildman–Crippen MR) is 103 cm³/mol. The predicted octanol–water partition coefficient (Wildman–Crippen LogP) is 4.17. The first-order valence-corrected chi connectivity index (χ1v) is 9.04. The van der Waals surface area contributed by atoms with Crippen LogP contribution in [0.15, 0.2) is 66.1 Å². The van der Waals surface area contributed by atoms with Crippen LogP contribution in [0.25, 0.3) is 5.69 Å². The number of benzene rings is 2. The lowest BCUT2D eigenvalue weighted by atomic mass is 10.2. The van der Waals surface area contributed by atoms with Crippen molar-refractivity contribution in [3.8, 4) is 11.8 Å². The van der Waals surface area contributed by atoms with E-state index in [1.807, 2.05) is 48.9 Å². The summed E-state index contributed by atoms with van der Waals surface area (Å²) in [6, 6.07) is 17.1. The number of carbonyl (C=O) groups is 1. The molecule has 6 heteroatoms. The van der Waals surface area contributed by atoms with Crippen LogP contribution in [0, 0.1) is 18.3 Å². The van der Waals surface area contributed by atoms with Gasteiger partial charge in [-0.15, -0.1) is 0 Å². The van der Waals surface area contributed by atoms with E-state index in [9.17, 15) is 4.79 Å². The van der Waals surface area contributed by atoms with Crippen LogP contribution in [-0.2, 0) is 4.79 Å². The summed E-state index contributed by atoms with van der Waals surface area (Å²) in [6.07, 6.45) is 3.62. The number of thioether (sulfide) groups is 1. The zero-order valence-corrected chi connectivity index (χ0v) is 15.3. The third-order valence-electron chi connectivity index (χ3n) is 3.94. The third-order valence-corrected chi connectivity index (χ3v) is 5.02. The number of hydrogen-bond acceptors (Lipinski definition) is 4. The summed E-state index contributed by atoms with van der Waals surface area (Å²) in [4.78, 5) is 16.9. The molecule has 5 nitrogen and oxygen atoms in total. The second-order valence-electron chi connectivity index (χ2n) is 5.77. The molecule has 26 heavy (non-hydrogen) atoms. The Morgan fingerprint density at radius 1 is 1.23 bits per heavy atom. The van der Waals surface area contributed by atoms with Crippen LogP contribution in [-0.4, -0.2) is 20.7 Å². The molecule has 0 saturated carbocycles. The summed E-state index contributed by atoms with van der Waals surface area (Å²) in [6.45, 7) is 3.87. The van der Waals surface area contributed by atoms with Gasteiger partial charge in [-0.25, -0.2) is 4.98 Å². The lowest BCUT2D eigenvalue weighted by Crippen LogP contribution is -2.23. The number of amides is 1. The molecule has 1 N–H and O–H groups in total. The number of nitrogens with one attached hydrogen (secondary N) is 1. The maximum Gasteiger partial charge on any atom is 0.237 e. The largest absolute Gasteiger partial charge is 0.324 e. The summed E-state index contributed by atoms with van der Waals surface area (Å²) in [5.41, 5.74) is 3.14. The van der Waals surface area contributed by atoms with E-state index in [1.54, 1.807) is 30.5 Å². The van der Waals surface area contributed by atoms with E-state index in [0.717, 1.165) is 16.4 Å². The molecular formula is C20H18N4OS. The maximum atomic E-state index is 12.5. The highest BCUT2D eigenvalue weighted by Gasteiger charge is 2.19. The molecule has 0 spiro atoms. The Balaban J connectivity index is 1.76. The fraction of sp³-hybridized carbons (Fsp3) is 0.150. The minimum absolute atomic E-state index is 0.169. The van der Waals surface area contributed by atoms with Crippen LogP contribution in [0.5, 0.6) is 0 Å². The molecule has 0 bridgehead atoms. The number of nitriles is 1. The number of nitrogens with zero attached hydrogens (tertiary/aromatic N) is 3. The quantitative estimate of drug-likeness (QED) is 0.692. The van der Waals surface area contributed by atoms with Crippen molar-refractivity contribution in [2.45, 2.75) is 24.3 Å². The van der Waals surface area contributed by atoms with Crippen molar-refractivity contribution in [2.24, 2.45) is 0 Å². The fourth-order valence-corrected chi connectivity index (χ4v) is 3.41. The molecule has 1 unspecified atom stereocenters. The molecule has 0 radical (unpaired) electrons. The van der Waals surface area contributed by atoms with E-state index < -0.39 is 0 Å². The molecule has 2 aromatic carbocycles. The summed E-state index contributed by atoms with van der Waals surface area (Å²) >= 11 is 1.38. The van der Waals surface area contributed by atoms with Crippen molar-refractivity contribution >= 4 is 23.4 Å². The van der Waals surface area contributed by atoms with E-state index in [2.05, 4.69) is 16.4 Å². The number of rotatable bonds is 5. The molecule has 0 fully saturated rings. The lowest BCUT2D eigenvalue weighted by Gasteiger charge is -2.14. The number of hydrogen-bond donors (Lipinski definition) is 1. The Morgan fingerprint density at radius 2 is 1.96 bits per heavy atom. The minimum atomic E-state index is -0.369. The number of aryl methyl sites for hydroxylation is 1. The highest BCUT2D eigenvalue weighted by molar-refractivity contribution is 8.00. The van der Waals surface area contributed by atoms with Crippen LogP contribution < -0.4 is 5.32 Å². The first kappa shape index (κ1) is 17.8. The number of imidazole rings is 1. The van der Waals surface area contributed by atoms with Gasteiger partial charge in [0.25, 0.3) is 0 Å². The van der Waals surface area contributed by atoms with E-state index in [-0.39, 0.29) is 11.2 Å². The van der Waals surface area contributed by atoms with Crippen LogP contribution in [0.2, 0.25) is 0 Å². The SMILES string of the molecule is Cc1ccccc1-n1ccnc1SC(C)C(=O)Nc1ccccc1C#N. The standard InChI is InChI=1S/C20H18N4OS/c1-14-7-3-6-10-18(14)24-12-11-22-20(24)26-15(2)19(25)23-17-9-5-4-8-16(17)13-21/h3-12,15H,1-2H3,(H,23,25). The van der Waals surface area contributed by atoms with E-state index in [0.29, 0.717) is 11.3 Å². The Labute approximate surface area is 156 Å². The minimum Gasteiger partial charge on any atom is -0.324 e. The van der Waals surface area contributed by atoms with Crippen LogP contribution >= 0.6 is 11.8 Å². The second kappa shape index (κ2) is 7.89. The first-order chi connectivity index (χ1) is 12.6. The fourth-order valence-electron chi connectivity index (χ4n) is 2.53. The number of carbonyl (C=O) groups excluding carboxylic acids is 1. The van der Waals surface area contributed by atoms with Gasteiger partial charge in [0.15, 0.2) is 5.16 Å². The van der Waals surface area contributed by atoms with Gasteiger partial charge >= 0.3 is 0 Å². The Hall–Kier alpha value is -3.04. The molecule has 0 aliphatic carbocycles. The van der Waals surface area contributed by atoms with Gasteiger partial charge in [-0.3, -0.25) is 9.36 Å². The average molecular weight is 362 g/mol. The highest BCUT2D eigenvalue weighted by Crippen LogP contribution is 2.27. The average Bonchev–Trinajstić information content (AvgIpc) is 3.10. The van der Waals surface area contributed by atoms with Crippen molar-refractivity contribution < 1.29 is 4.79 Å². The number of para-hydroxylation sites is 2. The topological polar surface area (TPSA) is 70.7 Å². The number of anilines is 1. The molecule has 3 rings (SSSR count). The molecule has 0 aliphatic rings. The summed E-state index contributed by atoms with van der Waals surface area (Å²) in [5.74, 6) is -0.169. The van der Waals surface area contributed by atoms with Gasteiger partial charge in [0.2, 0.25) is 5.91 Å². The van der Waals surface area contributed by atoms with Gasteiger partial charge in [0, 0.05) is 12.4 Å². The van der Waals surface area contributed by atoms with E-state index >= 15 is 0 Å². The van der Waals surface area contributed by atoms with Crippen molar-refractivity contribution in [1.82, 2.24) is 9.55 Å². The molecule has 1 atom stereocenters. The molecule has 130 valence electrons. The second-order valence-corrected chi connectivity index (χ2v) is 7.08. The van der Waals surface area contributed by atoms with E-state index in [4.69, 9.17) is 5.26 Å². The van der Waals surface area contributed by atoms with Gasteiger partial charge < -0.3 is 5.32 Å². The maximum absolute atomic E-state index is 12.5. The molecule has 1 amide bonds. The van der Waals surface area contributed by atoms with Crippen LogP contribution in [0.1, 0.15) is 18.1 Å². The normalized spacial score (nSPS) is 11.6. The third kappa shape index (κ3) is 3.79. The zero-order valence-electron chi connectivity index (χ0n) is 14.5. The summed E-state index contributed by atoms with van der Waals surface area (Å²) in [7, 11) is 0. The van der Waals surface area contributed by atoms with Gasteiger partial charge in [-0.1, -0.05) is 42.1 Å². The molecule has 0 saturated heterocycles. The first-order valence-electron chi connectivity index (χ1n) is 8.16. The zero-order chi connectivity index (χ0) is 18.5.